The van der Waals surface area contributed by atoms with E-state index in [1.807, 2.05) is 18.3 Å². The van der Waals surface area contributed by atoms with Crippen molar-refractivity contribution in [1.82, 2.24) is 4.98 Å². The standard InChI is InChI=1S/C33H50FNO3/c1-3-5-7-9-11-13-15-28-25-37-33(38-26-28)21-17-27-16-19-31(35-24-27)29-18-20-32(30(34)23-29)36-22-14-12-10-8-6-4-2/h16,18-20,23-24,28,33H,3-15,17,21-22,25-26H2,1-2H3/t28-,33-. The third kappa shape index (κ3) is 11.4. The van der Waals surface area contributed by atoms with Gasteiger partial charge in [0.1, 0.15) is 0 Å². The van der Waals surface area contributed by atoms with Gasteiger partial charge in [0.25, 0.3) is 0 Å². The van der Waals surface area contributed by atoms with Crippen molar-refractivity contribution >= 4 is 0 Å². The lowest BCUT2D eigenvalue weighted by atomic mass is 10.0. The summed E-state index contributed by atoms with van der Waals surface area (Å²) in [7, 11) is 0. The van der Waals surface area contributed by atoms with E-state index >= 15 is 0 Å². The highest BCUT2D eigenvalue weighted by molar-refractivity contribution is 5.60. The predicted molar refractivity (Wildman–Crippen MR) is 154 cm³/mol. The number of hydrogen-bond donors (Lipinski definition) is 0. The Labute approximate surface area is 230 Å². The summed E-state index contributed by atoms with van der Waals surface area (Å²) in [6, 6.07) is 9.14. The van der Waals surface area contributed by atoms with E-state index in [2.05, 4.69) is 24.9 Å². The van der Waals surface area contributed by atoms with E-state index in [0.717, 1.165) is 55.7 Å². The van der Waals surface area contributed by atoms with Gasteiger partial charge in [0.2, 0.25) is 0 Å². The topological polar surface area (TPSA) is 40.6 Å². The molecule has 0 spiro atoms. The predicted octanol–water partition coefficient (Wildman–Crippen LogP) is 9.30. The van der Waals surface area contributed by atoms with Gasteiger partial charge in [-0.15, -0.1) is 0 Å². The minimum atomic E-state index is -0.333. The van der Waals surface area contributed by atoms with Gasteiger partial charge in [0.05, 0.1) is 25.5 Å². The molecule has 0 N–H and O–H groups in total. The van der Waals surface area contributed by atoms with Crippen LogP contribution < -0.4 is 4.74 Å². The Bertz CT molecular complexity index is 880. The SMILES string of the molecule is CCCCCCCCOc1ccc(-c2ccc(CC[C@H]3OC[C@H](CCCCCCCC)CO3)cn2)cc1F. The van der Waals surface area contributed by atoms with E-state index in [1.165, 1.54) is 76.7 Å². The Morgan fingerprint density at radius 3 is 2.16 bits per heavy atom. The molecule has 5 heteroatoms. The molecule has 1 aromatic heterocycles. The van der Waals surface area contributed by atoms with Crippen LogP contribution in [-0.2, 0) is 15.9 Å². The average molecular weight is 528 g/mol. The highest BCUT2D eigenvalue weighted by Crippen LogP contribution is 2.26. The minimum absolute atomic E-state index is 0.131. The van der Waals surface area contributed by atoms with E-state index in [0.29, 0.717) is 18.3 Å². The van der Waals surface area contributed by atoms with Crippen LogP contribution in [0.25, 0.3) is 11.3 Å². The van der Waals surface area contributed by atoms with Crippen LogP contribution in [0.15, 0.2) is 36.5 Å². The molecule has 0 aliphatic carbocycles. The van der Waals surface area contributed by atoms with Crippen LogP contribution in [0.4, 0.5) is 4.39 Å². The van der Waals surface area contributed by atoms with Crippen LogP contribution in [0, 0.1) is 11.7 Å². The van der Waals surface area contributed by atoms with Gasteiger partial charge < -0.3 is 14.2 Å². The fraction of sp³-hybridized carbons (Fsp3) is 0.667. The van der Waals surface area contributed by atoms with E-state index in [9.17, 15) is 4.39 Å². The van der Waals surface area contributed by atoms with Crippen LogP contribution in [0.2, 0.25) is 0 Å². The number of aryl methyl sites for hydroxylation is 1. The van der Waals surface area contributed by atoms with Crippen molar-refractivity contribution in [3.8, 4) is 17.0 Å². The zero-order chi connectivity index (χ0) is 26.8. The normalized spacial score (nSPS) is 17.6. The maximum absolute atomic E-state index is 14.6. The zero-order valence-electron chi connectivity index (χ0n) is 23.9. The zero-order valence-corrected chi connectivity index (χ0v) is 23.9. The lowest BCUT2D eigenvalue weighted by Gasteiger charge is -2.29. The van der Waals surface area contributed by atoms with E-state index in [-0.39, 0.29) is 12.1 Å². The van der Waals surface area contributed by atoms with Crippen molar-refractivity contribution in [2.45, 2.75) is 116 Å². The number of hydrogen-bond acceptors (Lipinski definition) is 4. The molecule has 212 valence electrons. The van der Waals surface area contributed by atoms with Crippen molar-refractivity contribution in [2.24, 2.45) is 5.92 Å². The summed E-state index contributed by atoms with van der Waals surface area (Å²) in [4.78, 5) is 4.58. The molecule has 1 aliphatic heterocycles. The number of rotatable bonds is 19. The van der Waals surface area contributed by atoms with Crippen molar-refractivity contribution in [1.29, 1.82) is 0 Å². The Hall–Kier alpha value is -1.98. The molecular weight excluding hydrogens is 477 g/mol. The summed E-state index contributed by atoms with van der Waals surface area (Å²) in [5, 5.41) is 0. The molecule has 2 aromatic rings. The lowest BCUT2D eigenvalue weighted by molar-refractivity contribution is -0.203. The van der Waals surface area contributed by atoms with Gasteiger partial charge in [-0.3, -0.25) is 4.98 Å². The molecule has 1 saturated heterocycles. The molecule has 38 heavy (non-hydrogen) atoms. The van der Waals surface area contributed by atoms with Crippen LogP contribution >= 0.6 is 0 Å². The third-order valence-electron chi connectivity index (χ3n) is 7.48. The number of benzene rings is 1. The fourth-order valence-electron chi connectivity index (χ4n) is 5.00. The summed E-state index contributed by atoms with van der Waals surface area (Å²) in [5.74, 6) is 0.521. The third-order valence-corrected chi connectivity index (χ3v) is 7.48. The second-order valence-corrected chi connectivity index (χ2v) is 10.9. The molecule has 0 atom stereocenters. The molecule has 0 saturated carbocycles. The highest BCUT2D eigenvalue weighted by atomic mass is 19.1. The molecule has 4 nitrogen and oxygen atoms in total. The Morgan fingerprint density at radius 1 is 0.816 bits per heavy atom. The van der Waals surface area contributed by atoms with Crippen LogP contribution in [0.5, 0.6) is 5.75 Å². The van der Waals surface area contributed by atoms with Gasteiger partial charge in [-0.05, 0) is 49.1 Å². The van der Waals surface area contributed by atoms with Crippen molar-refractivity contribution in [3.63, 3.8) is 0 Å². The number of nitrogens with zero attached hydrogens (tertiary/aromatic N) is 1. The van der Waals surface area contributed by atoms with Crippen LogP contribution in [0.1, 0.15) is 109 Å². The van der Waals surface area contributed by atoms with Gasteiger partial charge in [-0.2, -0.15) is 0 Å². The second-order valence-electron chi connectivity index (χ2n) is 10.9. The molecule has 2 heterocycles. The first-order valence-electron chi connectivity index (χ1n) is 15.3. The number of ether oxygens (including phenoxy) is 3. The fourth-order valence-corrected chi connectivity index (χ4v) is 5.00. The summed E-state index contributed by atoms with van der Waals surface area (Å²) >= 11 is 0. The van der Waals surface area contributed by atoms with Crippen LogP contribution in [-0.4, -0.2) is 31.1 Å². The number of unbranched alkanes of at least 4 members (excludes halogenated alkanes) is 10. The first-order valence-corrected chi connectivity index (χ1v) is 15.3. The molecule has 1 aliphatic rings. The Kier molecular flexibility index (Phi) is 14.7. The largest absolute Gasteiger partial charge is 0.491 e. The van der Waals surface area contributed by atoms with E-state index < -0.39 is 0 Å². The summed E-state index contributed by atoms with van der Waals surface area (Å²) in [6.07, 6.45) is 19.7. The first-order chi connectivity index (χ1) is 18.7. The van der Waals surface area contributed by atoms with E-state index in [4.69, 9.17) is 14.2 Å². The summed E-state index contributed by atoms with van der Waals surface area (Å²) in [5.41, 5.74) is 2.66. The van der Waals surface area contributed by atoms with Gasteiger partial charge in [-0.1, -0.05) is 90.5 Å². The van der Waals surface area contributed by atoms with Gasteiger partial charge >= 0.3 is 0 Å². The van der Waals surface area contributed by atoms with E-state index in [1.54, 1.807) is 6.07 Å². The van der Waals surface area contributed by atoms with Crippen molar-refractivity contribution in [2.75, 3.05) is 19.8 Å². The minimum Gasteiger partial charge on any atom is -0.491 e. The van der Waals surface area contributed by atoms with Crippen LogP contribution in [0.3, 0.4) is 0 Å². The molecule has 1 fully saturated rings. The first kappa shape index (κ1) is 30.6. The number of halogens is 1. The van der Waals surface area contributed by atoms with Gasteiger partial charge in [0.15, 0.2) is 17.9 Å². The average Bonchev–Trinajstić information content (AvgIpc) is 2.95. The Balaban J connectivity index is 1.33. The molecule has 3 rings (SSSR count). The maximum Gasteiger partial charge on any atom is 0.165 e. The molecular formula is C33H50FNO3. The molecule has 1 aromatic carbocycles. The number of pyridine rings is 1. The quantitative estimate of drug-likeness (QED) is 0.171. The summed E-state index contributed by atoms with van der Waals surface area (Å²) in [6.45, 7) is 6.65. The molecule has 0 radical (unpaired) electrons. The second kappa shape index (κ2) is 18.3. The number of aromatic nitrogens is 1. The lowest BCUT2D eigenvalue weighted by Crippen LogP contribution is -2.32. The van der Waals surface area contributed by atoms with Gasteiger partial charge in [-0.25, -0.2) is 4.39 Å². The molecule has 0 bridgehead atoms. The molecule has 0 amide bonds. The van der Waals surface area contributed by atoms with Crippen molar-refractivity contribution in [3.05, 3.63) is 47.9 Å². The maximum atomic E-state index is 14.6. The van der Waals surface area contributed by atoms with Crippen molar-refractivity contribution < 1.29 is 18.6 Å². The monoisotopic (exact) mass is 527 g/mol. The Morgan fingerprint density at radius 2 is 1.50 bits per heavy atom. The summed E-state index contributed by atoms with van der Waals surface area (Å²) < 4.78 is 32.2. The highest BCUT2D eigenvalue weighted by Gasteiger charge is 2.21. The van der Waals surface area contributed by atoms with Gasteiger partial charge in [0, 0.05) is 24.1 Å². The smallest absolute Gasteiger partial charge is 0.165 e. The molecule has 0 unspecified atom stereocenters.